The van der Waals surface area contributed by atoms with E-state index in [-0.39, 0.29) is 24.5 Å². The summed E-state index contributed by atoms with van der Waals surface area (Å²) in [5, 5.41) is 2.95. The summed E-state index contributed by atoms with van der Waals surface area (Å²) in [4.78, 5) is 34.7. The fraction of sp³-hybridized carbons (Fsp3) is 0.500. The lowest BCUT2D eigenvalue weighted by Gasteiger charge is -2.41. The van der Waals surface area contributed by atoms with E-state index in [0.717, 1.165) is 6.20 Å². The third kappa shape index (κ3) is 5.97. The van der Waals surface area contributed by atoms with Gasteiger partial charge in [0, 0.05) is 43.3 Å². The van der Waals surface area contributed by atoms with E-state index in [9.17, 15) is 35.9 Å². The molecule has 1 aliphatic rings. The molecule has 0 spiro atoms. The topological polar surface area (TPSA) is 100 Å². The lowest BCUT2D eigenvalue weighted by Crippen LogP contribution is -2.52. The van der Waals surface area contributed by atoms with Crippen molar-refractivity contribution >= 4 is 12.0 Å². The largest absolute Gasteiger partial charge is 0.421 e. The molecule has 3 heterocycles. The molecule has 186 valence electrons. The van der Waals surface area contributed by atoms with Crippen LogP contribution in [0.15, 0.2) is 29.5 Å². The van der Waals surface area contributed by atoms with Crippen molar-refractivity contribution in [3.05, 3.63) is 46.1 Å². The van der Waals surface area contributed by atoms with E-state index in [0.29, 0.717) is 31.3 Å². The van der Waals surface area contributed by atoms with E-state index in [1.807, 2.05) is 18.8 Å². The first-order chi connectivity index (χ1) is 15.8. The standard InChI is InChI=1S/C20H21F6N5O3/c1-10(2)15-5-12(30-17-28-7-11(8-29-17)19(21,22)23)3-4-31(15)18(33)34-13-6-14(20(24,25)26)16(32)27-9-13/h6-10,12,15H,3-5H2,1-2H3,(H,27,32)(H,28,29,30). The van der Waals surface area contributed by atoms with Gasteiger partial charge in [-0.3, -0.25) is 4.79 Å². The van der Waals surface area contributed by atoms with Gasteiger partial charge in [-0.1, -0.05) is 13.8 Å². The van der Waals surface area contributed by atoms with Crippen molar-refractivity contribution in [2.24, 2.45) is 5.92 Å². The van der Waals surface area contributed by atoms with Crippen LogP contribution < -0.4 is 15.6 Å². The van der Waals surface area contributed by atoms with Gasteiger partial charge in [-0.25, -0.2) is 14.8 Å². The van der Waals surface area contributed by atoms with Crippen molar-refractivity contribution in [3.8, 4) is 5.75 Å². The number of halogens is 6. The number of anilines is 1. The molecule has 2 N–H and O–H groups in total. The second kappa shape index (κ2) is 9.50. The summed E-state index contributed by atoms with van der Waals surface area (Å²) in [5.41, 5.74) is -3.83. The summed E-state index contributed by atoms with van der Waals surface area (Å²) >= 11 is 0. The molecule has 14 heteroatoms. The molecule has 3 rings (SSSR count). The molecule has 2 aromatic heterocycles. The van der Waals surface area contributed by atoms with Gasteiger partial charge in [-0.2, -0.15) is 26.3 Å². The molecule has 0 aromatic carbocycles. The highest BCUT2D eigenvalue weighted by Crippen LogP contribution is 2.31. The van der Waals surface area contributed by atoms with Crippen LogP contribution in [0.5, 0.6) is 5.75 Å². The summed E-state index contributed by atoms with van der Waals surface area (Å²) < 4.78 is 81.9. The van der Waals surface area contributed by atoms with Gasteiger partial charge in [-0.05, 0) is 18.8 Å². The van der Waals surface area contributed by atoms with E-state index in [4.69, 9.17) is 4.74 Å². The molecule has 0 bridgehead atoms. The van der Waals surface area contributed by atoms with Gasteiger partial charge in [0.05, 0.1) is 5.56 Å². The summed E-state index contributed by atoms with van der Waals surface area (Å²) in [6, 6.07) is -0.201. The molecular formula is C20H21F6N5O3. The van der Waals surface area contributed by atoms with Crippen LogP contribution in [0.1, 0.15) is 37.8 Å². The normalized spacial score (nSPS) is 19.3. The van der Waals surface area contributed by atoms with Crippen LogP contribution in [0.3, 0.4) is 0 Å². The number of carbonyl (C=O) groups excluding carboxylic acids is 1. The van der Waals surface area contributed by atoms with Crippen molar-refractivity contribution < 1.29 is 35.9 Å². The second-order valence-electron chi connectivity index (χ2n) is 8.11. The molecule has 0 radical (unpaired) electrons. The van der Waals surface area contributed by atoms with Gasteiger partial charge in [0.2, 0.25) is 5.95 Å². The number of carbonyl (C=O) groups is 1. The van der Waals surface area contributed by atoms with Gasteiger partial charge in [0.25, 0.3) is 5.56 Å². The van der Waals surface area contributed by atoms with Crippen LogP contribution in [-0.2, 0) is 12.4 Å². The number of ether oxygens (including phenoxy) is 1. The predicted octanol–water partition coefficient (Wildman–Crippen LogP) is 4.30. The number of nitrogens with one attached hydrogen (secondary N) is 2. The first-order valence-corrected chi connectivity index (χ1v) is 10.2. The lowest BCUT2D eigenvalue weighted by atomic mass is 9.90. The minimum atomic E-state index is -4.92. The van der Waals surface area contributed by atoms with Crippen molar-refractivity contribution in [2.75, 3.05) is 11.9 Å². The Morgan fingerprint density at radius 3 is 2.38 bits per heavy atom. The van der Waals surface area contributed by atoms with Crippen LogP contribution in [0.2, 0.25) is 0 Å². The fourth-order valence-electron chi connectivity index (χ4n) is 3.61. The molecule has 2 unspecified atom stereocenters. The molecular weight excluding hydrogens is 472 g/mol. The summed E-state index contributed by atoms with van der Waals surface area (Å²) in [6.45, 7) is 3.84. The first kappa shape index (κ1) is 25.3. The smallest absolute Gasteiger partial charge is 0.409 e. The molecule has 0 aliphatic carbocycles. The number of alkyl halides is 6. The van der Waals surface area contributed by atoms with Crippen LogP contribution in [0, 0.1) is 5.92 Å². The Kier molecular flexibility index (Phi) is 7.07. The maximum absolute atomic E-state index is 12.9. The second-order valence-corrected chi connectivity index (χ2v) is 8.11. The molecule has 2 atom stereocenters. The number of amides is 1. The van der Waals surface area contributed by atoms with E-state index in [1.54, 1.807) is 0 Å². The molecule has 2 aromatic rings. The zero-order valence-electron chi connectivity index (χ0n) is 18.0. The highest BCUT2D eigenvalue weighted by Gasteiger charge is 2.37. The van der Waals surface area contributed by atoms with Gasteiger partial charge >= 0.3 is 18.4 Å². The third-order valence-electron chi connectivity index (χ3n) is 5.35. The monoisotopic (exact) mass is 493 g/mol. The molecule has 1 fully saturated rings. The van der Waals surface area contributed by atoms with Crippen LogP contribution in [0.25, 0.3) is 0 Å². The van der Waals surface area contributed by atoms with Crippen molar-refractivity contribution in [1.29, 1.82) is 0 Å². The van der Waals surface area contributed by atoms with Crippen LogP contribution in [0.4, 0.5) is 37.1 Å². The van der Waals surface area contributed by atoms with E-state index < -0.39 is 46.9 Å². The Balaban J connectivity index is 1.68. The van der Waals surface area contributed by atoms with Gasteiger partial charge in [-0.15, -0.1) is 0 Å². The maximum Gasteiger partial charge on any atom is 0.421 e. The maximum atomic E-state index is 12.9. The third-order valence-corrected chi connectivity index (χ3v) is 5.35. The van der Waals surface area contributed by atoms with Crippen LogP contribution in [-0.4, -0.2) is 44.6 Å². The number of H-pyrrole nitrogens is 1. The Bertz CT molecular complexity index is 1070. The van der Waals surface area contributed by atoms with Crippen molar-refractivity contribution in [3.63, 3.8) is 0 Å². The van der Waals surface area contributed by atoms with Gasteiger partial charge in [0.1, 0.15) is 11.3 Å². The predicted molar refractivity (Wildman–Crippen MR) is 107 cm³/mol. The van der Waals surface area contributed by atoms with Gasteiger partial charge in [0.15, 0.2) is 0 Å². The average molecular weight is 493 g/mol. The molecule has 0 saturated carbocycles. The number of likely N-dealkylation sites (tertiary alicyclic amines) is 1. The van der Waals surface area contributed by atoms with E-state index >= 15 is 0 Å². The number of hydrogen-bond acceptors (Lipinski definition) is 6. The number of aromatic nitrogens is 3. The fourth-order valence-corrected chi connectivity index (χ4v) is 3.61. The number of aromatic amines is 1. The highest BCUT2D eigenvalue weighted by atomic mass is 19.4. The van der Waals surface area contributed by atoms with E-state index in [1.165, 1.54) is 4.90 Å². The molecule has 1 amide bonds. The highest BCUT2D eigenvalue weighted by molar-refractivity contribution is 5.71. The zero-order valence-corrected chi connectivity index (χ0v) is 18.0. The average Bonchev–Trinajstić information content (AvgIpc) is 2.74. The van der Waals surface area contributed by atoms with E-state index in [2.05, 4.69) is 15.3 Å². The minimum Gasteiger partial charge on any atom is -0.409 e. The SMILES string of the molecule is CC(C)C1CC(Nc2ncc(C(F)(F)F)cn2)CCN1C(=O)Oc1c[nH]c(=O)c(C(F)(F)F)c1. The van der Waals surface area contributed by atoms with Gasteiger partial charge < -0.3 is 19.9 Å². The number of hydrogen-bond donors (Lipinski definition) is 2. The number of rotatable bonds is 4. The Hall–Kier alpha value is -3.32. The molecule has 34 heavy (non-hydrogen) atoms. The number of pyridine rings is 1. The summed E-state index contributed by atoms with van der Waals surface area (Å²) in [7, 11) is 0. The summed E-state index contributed by atoms with van der Waals surface area (Å²) in [5.74, 6) is -0.533. The lowest BCUT2D eigenvalue weighted by molar-refractivity contribution is -0.139. The van der Waals surface area contributed by atoms with Crippen molar-refractivity contribution in [1.82, 2.24) is 19.9 Å². The van der Waals surface area contributed by atoms with Crippen LogP contribution >= 0.6 is 0 Å². The number of nitrogens with zero attached hydrogens (tertiary/aromatic N) is 3. The summed E-state index contributed by atoms with van der Waals surface area (Å²) in [6.07, 6.45) is -7.42. The Labute approximate surface area is 189 Å². The zero-order chi connectivity index (χ0) is 25.3. The Morgan fingerprint density at radius 1 is 1.18 bits per heavy atom. The molecule has 8 nitrogen and oxygen atoms in total. The number of piperidine rings is 1. The quantitative estimate of drug-likeness (QED) is 0.616. The Morgan fingerprint density at radius 2 is 1.82 bits per heavy atom. The molecule has 1 aliphatic heterocycles. The molecule has 1 saturated heterocycles. The first-order valence-electron chi connectivity index (χ1n) is 10.2. The minimum absolute atomic E-state index is 0.00412. The van der Waals surface area contributed by atoms with Crippen molar-refractivity contribution in [2.45, 2.75) is 51.1 Å².